The van der Waals surface area contributed by atoms with Gasteiger partial charge in [-0.15, -0.1) is 5.10 Å². The highest BCUT2D eigenvalue weighted by Crippen LogP contribution is 2.30. The van der Waals surface area contributed by atoms with Gasteiger partial charge in [0.2, 0.25) is 0 Å². The van der Waals surface area contributed by atoms with Crippen LogP contribution in [-0.2, 0) is 13.0 Å². The van der Waals surface area contributed by atoms with E-state index >= 15 is 0 Å². The third kappa shape index (κ3) is 2.50. The molecule has 0 bridgehead atoms. The molecule has 0 spiro atoms. The van der Waals surface area contributed by atoms with Crippen LogP contribution in [0.3, 0.4) is 0 Å². The number of aromatic amines is 1. The van der Waals surface area contributed by atoms with E-state index in [4.69, 9.17) is 4.52 Å². The molecule has 0 aliphatic carbocycles. The van der Waals surface area contributed by atoms with Gasteiger partial charge in [0.15, 0.2) is 0 Å². The zero-order valence-electron chi connectivity index (χ0n) is 15.9. The van der Waals surface area contributed by atoms with Crippen LogP contribution in [0.15, 0.2) is 27.8 Å². The van der Waals surface area contributed by atoms with Gasteiger partial charge in [0.05, 0.1) is 5.69 Å². The first kappa shape index (κ1) is 16.7. The molecule has 0 radical (unpaired) electrons. The monoisotopic (exact) mass is 377 g/mol. The summed E-state index contributed by atoms with van der Waals surface area (Å²) in [6, 6.07) is 2.16. The Hall–Kier alpha value is -3.49. The topological polar surface area (TPSA) is 105 Å². The predicted molar refractivity (Wildman–Crippen MR) is 102 cm³/mol. The Labute approximate surface area is 160 Å². The highest BCUT2D eigenvalue weighted by atomic mass is 16.5. The van der Waals surface area contributed by atoms with Crippen LogP contribution in [-0.4, -0.2) is 36.3 Å². The molecule has 0 fully saturated rings. The fraction of sp³-hybridized carbons (Fsp3) is 0.316. The van der Waals surface area contributed by atoms with E-state index in [1.807, 2.05) is 27.0 Å². The van der Waals surface area contributed by atoms with Gasteiger partial charge in [-0.25, -0.2) is 14.3 Å². The maximum atomic E-state index is 11.8. The van der Waals surface area contributed by atoms with E-state index in [1.54, 1.807) is 6.20 Å². The van der Waals surface area contributed by atoms with E-state index in [9.17, 15) is 4.79 Å². The van der Waals surface area contributed by atoms with E-state index in [-0.39, 0.29) is 5.69 Å². The van der Waals surface area contributed by atoms with Gasteiger partial charge in [0.1, 0.15) is 11.6 Å². The number of hydrogen-bond donors (Lipinski definition) is 1. The second kappa shape index (κ2) is 6.01. The molecule has 28 heavy (non-hydrogen) atoms. The van der Waals surface area contributed by atoms with Gasteiger partial charge in [-0.2, -0.15) is 4.98 Å². The average molecular weight is 377 g/mol. The van der Waals surface area contributed by atoms with Crippen LogP contribution >= 0.6 is 0 Å². The number of anilines is 1. The molecule has 0 unspecified atom stereocenters. The Morgan fingerprint density at radius 3 is 2.89 bits per heavy atom. The van der Waals surface area contributed by atoms with E-state index in [1.165, 1.54) is 4.40 Å². The third-order valence-electron chi connectivity index (χ3n) is 5.23. The molecule has 142 valence electrons. The van der Waals surface area contributed by atoms with Crippen LogP contribution in [0.4, 0.5) is 5.82 Å². The smallest absolute Gasteiger partial charge is 0.348 e. The normalized spacial score (nSPS) is 13.9. The van der Waals surface area contributed by atoms with Gasteiger partial charge in [-0.05, 0) is 32.4 Å². The maximum Gasteiger partial charge on any atom is 0.348 e. The Kier molecular flexibility index (Phi) is 3.58. The summed E-state index contributed by atoms with van der Waals surface area (Å²) in [5.41, 5.74) is 5.77. The van der Waals surface area contributed by atoms with Crippen molar-refractivity contribution in [1.82, 2.24) is 29.7 Å². The van der Waals surface area contributed by atoms with Gasteiger partial charge in [0, 0.05) is 54.3 Å². The van der Waals surface area contributed by atoms with Crippen LogP contribution in [0.5, 0.6) is 0 Å². The minimum Gasteiger partial charge on any atom is -0.361 e. The summed E-state index contributed by atoms with van der Waals surface area (Å²) in [6.45, 7) is 7.30. The largest absolute Gasteiger partial charge is 0.361 e. The van der Waals surface area contributed by atoms with Crippen LogP contribution < -0.4 is 10.6 Å². The highest BCUT2D eigenvalue weighted by molar-refractivity contribution is 5.68. The first-order valence-corrected chi connectivity index (χ1v) is 9.11. The van der Waals surface area contributed by atoms with E-state index in [2.05, 4.69) is 36.3 Å². The van der Waals surface area contributed by atoms with Crippen molar-refractivity contribution in [2.75, 3.05) is 11.4 Å². The van der Waals surface area contributed by atoms with Crippen molar-refractivity contribution in [1.29, 1.82) is 0 Å². The van der Waals surface area contributed by atoms with Crippen LogP contribution in [0.1, 0.15) is 28.3 Å². The summed E-state index contributed by atoms with van der Waals surface area (Å²) < 4.78 is 6.73. The molecular formula is C19H19N7O2. The number of pyridine rings is 1. The lowest BCUT2D eigenvalue weighted by Gasteiger charge is -2.30. The Bertz CT molecular complexity index is 1250. The van der Waals surface area contributed by atoms with Crippen molar-refractivity contribution in [3.05, 3.63) is 57.2 Å². The van der Waals surface area contributed by atoms with Gasteiger partial charge in [-0.3, -0.25) is 4.98 Å². The second-order valence-electron chi connectivity index (χ2n) is 7.15. The molecular weight excluding hydrogens is 358 g/mol. The highest BCUT2D eigenvalue weighted by Gasteiger charge is 2.22. The van der Waals surface area contributed by atoms with Crippen molar-refractivity contribution in [2.24, 2.45) is 0 Å². The number of nitrogens with zero attached hydrogens (tertiary/aromatic N) is 6. The first-order chi connectivity index (χ1) is 13.5. The van der Waals surface area contributed by atoms with Gasteiger partial charge in [-0.1, -0.05) is 5.16 Å². The average Bonchev–Trinajstić information content (AvgIpc) is 3.22. The van der Waals surface area contributed by atoms with Gasteiger partial charge >= 0.3 is 5.69 Å². The number of nitrogens with one attached hydrogen (secondary N) is 1. The molecule has 1 N–H and O–H groups in total. The molecule has 9 heteroatoms. The van der Waals surface area contributed by atoms with Crippen LogP contribution in [0.2, 0.25) is 0 Å². The van der Waals surface area contributed by atoms with Crippen LogP contribution in [0.25, 0.3) is 16.9 Å². The molecule has 0 atom stereocenters. The maximum absolute atomic E-state index is 11.8. The van der Waals surface area contributed by atoms with Crippen molar-refractivity contribution in [3.63, 3.8) is 0 Å². The molecule has 5 heterocycles. The molecule has 1 aliphatic heterocycles. The number of H-pyrrole nitrogens is 1. The quantitative estimate of drug-likeness (QED) is 0.569. The van der Waals surface area contributed by atoms with E-state index in [0.717, 1.165) is 58.2 Å². The Balaban J connectivity index is 1.53. The van der Waals surface area contributed by atoms with Gasteiger partial charge in [0.25, 0.3) is 5.78 Å². The lowest BCUT2D eigenvalue weighted by molar-refractivity contribution is 0.393. The number of aromatic nitrogens is 6. The van der Waals surface area contributed by atoms with Crippen molar-refractivity contribution >= 4 is 11.6 Å². The lowest BCUT2D eigenvalue weighted by atomic mass is 9.99. The lowest BCUT2D eigenvalue weighted by Crippen LogP contribution is -2.32. The minimum atomic E-state index is -0.283. The zero-order valence-corrected chi connectivity index (χ0v) is 15.9. The molecule has 0 saturated heterocycles. The molecule has 5 rings (SSSR count). The summed E-state index contributed by atoms with van der Waals surface area (Å²) in [6.07, 6.45) is 4.50. The van der Waals surface area contributed by atoms with Gasteiger partial charge < -0.3 is 9.42 Å². The number of fused-ring (bicyclic) bond motifs is 2. The van der Waals surface area contributed by atoms with Crippen molar-refractivity contribution in [3.8, 4) is 11.1 Å². The number of hydrogen-bond acceptors (Lipinski definition) is 7. The fourth-order valence-corrected chi connectivity index (χ4v) is 3.88. The zero-order chi connectivity index (χ0) is 19.4. The number of rotatable bonds is 2. The number of aryl methyl sites for hydroxylation is 3. The first-order valence-electron chi connectivity index (χ1n) is 9.11. The summed E-state index contributed by atoms with van der Waals surface area (Å²) in [7, 11) is 0. The molecule has 0 amide bonds. The second-order valence-corrected chi connectivity index (χ2v) is 7.15. The summed E-state index contributed by atoms with van der Waals surface area (Å²) in [5, 5.41) is 10.5. The molecule has 4 aromatic heterocycles. The molecule has 4 aromatic rings. The summed E-state index contributed by atoms with van der Waals surface area (Å²) in [4.78, 5) is 23.2. The molecule has 0 aromatic carbocycles. The van der Waals surface area contributed by atoms with Crippen molar-refractivity contribution in [2.45, 2.75) is 33.7 Å². The fourth-order valence-electron chi connectivity index (χ4n) is 3.88. The summed E-state index contributed by atoms with van der Waals surface area (Å²) in [5.74, 6) is 2.00. The molecule has 0 saturated carbocycles. The van der Waals surface area contributed by atoms with Crippen molar-refractivity contribution < 1.29 is 4.52 Å². The minimum absolute atomic E-state index is 0.283. The molecule has 1 aliphatic rings. The Morgan fingerprint density at radius 2 is 2.11 bits per heavy atom. The standard InChI is InChI=1S/C19H19N7O2/c1-10-8-26-18(22-23-19(26)27)21-17(10)25-5-4-15-14(9-25)6-13(7-20-15)16-11(2)24-28-12(16)3/h6-8H,4-5,9H2,1-3H3,(H,23,27). The third-order valence-corrected chi connectivity index (χ3v) is 5.23. The van der Waals surface area contributed by atoms with Crippen LogP contribution in [0, 0.1) is 20.8 Å². The Morgan fingerprint density at radius 1 is 1.25 bits per heavy atom. The molecule has 9 nitrogen and oxygen atoms in total. The SMILES string of the molecule is Cc1cn2c(=O)[nH]nc2nc1N1CCc2ncc(-c3c(C)noc3C)cc2C1. The van der Waals surface area contributed by atoms with E-state index in [0.29, 0.717) is 12.3 Å². The predicted octanol–water partition coefficient (Wildman–Crippen LogP) is 1.96. The van der Waals surface area contributed by atoms with E-state index < -0.39 is 0 Å². The summed E-state index contributed by atoms with van der Waals surface area (Å²) >= 11 is 0.